The Balaban J connectivity index is 0.000000810. The molecule has 0 bridgehead atoms. The van der Waals surface area contributed by atoms with Crippen LogP contribution >= 0.6 is 0 Å². The van der Waals surface area contributed by atoms with E-state index < -0.39 is 0 Å². The predicted molar refractivity (Wildman–Crippen MR) is 40.6 cm³/mol. The molecule has 0 amide bonds. The Morgan fingerprint density at radius 2 is 1.70 bits per heavy atom. The van der Waals surface area contributed by atoms with Crippen molar-refractivity contribution in [3.8, 4) is 5.75 Å². The number of benzene rings is 1. The molecule has 0 radical (unpaired) electrons. The van der Waals surface area contributed by atoms with Crippen molar-refractivity contribution in [3.63, 3.8) is 0 Å². The third kappa shape index (κ3) is 2.52. The molecule has 1 aromatic rings. The van der Waals surface area contributed by atoms with Crippen LogP contribution in [0.4, 0.5) is 0 Å². The molecule has 0 saturated carbocycles. The van der Waals surface area contributed by atoms with E-state index in [1.807, 2.05) is 0 Å². The van der Waals surface area contributed by atoms with E-state index >= 15 is 0 Å². The molecule has 2 nitrogen and oxygen atoms in total. The van der Waals surface area contributed by atoms with Gasteiger partial charge in [-0.15, -0.1) is 0 Å². The summed E-state index contributed by atoms with van der Waals surface area (Å²) in [6.45, 7) is 0. The van der Waals surface area contributed by atoms with Gasteiger partial charge in [0.15, 0.2) is 0 Å². The van der Waals surface area contributed by atoms with Crippen molar-refractivity contribution in [1.29, 1.82) is 0 Å². The summed E-state index contributed by atoms with van der Waals surface area (Å²) < 4.78 is 0. The molecule has 0 aromatic heterocycles. The van der Waals surface area contributed by atoms with E-state index in [0.29, 0.717) is 5.56 Å². The molecule has 0 aliphatic carbocycles. The zero-order valence-corrected chi connectivity index (χ0v) is 4.74. The summed E-state index contributed by atoms with van der Waals surface area (Å²) in [7, 11) is 0. The second-order valence-corrected chi connectivity index (χ2v) is 1.71. The van der Waals surface area contributed by atoms with Gasteiger partial charge in [0.1, 0.15) is 12.0 Å². The second-order valence-electron chi connectivity index (χ2n) is 1.71. The quantitative estimate of drug-likeness (QED) is 0.464. The second kappa shape index (κ2) is 4.50. The normalized spacial score (nSPS) is 8.00. The van der Waals surface area contributed by atoms with Crippen molar-refractivity contribution in [2.24, 2.45) is 0 Å². The summed E-state index contributed by atoms with van der Waals surface area (Å²) in [6.07, 6.45) is 0.736. The van der Waals surface area contributed by atoms with Gasteiger partial charge in [-0.3, -0.25) is 4.79 Å². The third-order valence-corrected chi connectivity index (χ3v) is 1.03. The van der Waals surface area contributed by atoms with E-state index in [2.05, 4.69) is 0 Å². The molecule has 0 aliphatic rings. The Kier molecular flexibility index (Phi) is 4.36. The zero-order valence-electron chi connectivity index (χ0n) is 4.74. The summed E-state index contributed by atoms with van der Waals surface area (Å²) in [5.74, 6) is 0.181. The number of carbonyl (C=O) groups is 1. The number of hydrogen-bond donors (Lipinski definition) is 1. The van der Waals surface area contributed by atoms with Gasteiger partial charge in [0.2, 0.25) is 0 Å². The van der Waals surface area contributed by atoms with E-state index in [-0.39, 0.29) is 35.3 Å². The number of phenolic OH excluding ortho intramolecular Hbond substituents is 1. The summed E-state index contributed by atoms with van der Waals surface area (Å²) >= 11 is 0. The third-order valence-electron chi connectivity index (χ3n) is 1.03. The summed E-state index contributed by atoms with van der Waals surface area (Å²) in [4.78, 5) is 10.0. The van der Waals surface area contributed by atoms with Gasteiger partial charge in [0, 0.05) is 5.56 Å². The Morgan fingerprint density at radius 1 is 1.20 bits per heavy atom. The molecule has 48 valence electrons. The van der Waals surface area contributed by atoms with Crippen LogP contribution in [0.3, 0.4) is 0 Å². The molecule has 1 rings (SSSR count). The number of rotatable bonds is 1. The van der Waals surface area contributed by atoms with Gasteiger partial charge < -0.3 is 5.11 Å². The number of carbonyl (C=O) groups excluding carboxylic acids is 1. The molecule has 1 N–H and O–H groups in total. The van der Waals surface area contributed by atoms with E-state index in [1.54, 1.807) is 12.1 Å². The average molecular weight is 146 g/mol. The van der Waals surface area contributed by atoms with Gasteiger partial charge >= 0.3 is 29.6 Å². The van der Waals surface area contributed by atoms with Crippen molar-refractivity contribution < 1.29 is 9.90 Å². The molecule has 0 heterocycles. The van der Waals surface area contributed by atoms with Crippen molar-refractivity contribution in [2.45, 2.75) is 0 Å². The van der Waals surface area contributed by atoms with Crippen LogP contribution in [-0.2, 0) is 0 Å². The first-order valence-electron chi connectivity index (χ1n) is 2.57. The standard InChI is InChI=1S/C7H6O2.Na.H/c8-5-6-1-3-7(9)4-2-6;;/h1-5,9H;;. The number of hydrogen-bond acceptors (Lipinski definition) is 2. The van der Waals surface area contributed by atoms with Gasteiger partial charge in [-0.05, 0) is 24.3 Å². The van der Waals surface area contributed by atoms with Crippen LogP contribution in [0.25, 0.3) is 0 Å². The molecule has 0 unspecified atom stereocenters. The van der Waals surface area contributed by atoms with Gasteiger partial charge in [0.05, 0.1) is 0 Å². The molecular weight excluding hydrogens is 139 g/mol. The first-order chi connectivity index (χ1) is 4.33. The molecule has 0 spiro atoms. The van der Waals surface area contributed by atoms with E-state index in [4.69, 9.17) is 5.11 Å². The molecule has 0 atom stereocenters. The van der Waals surface area contributed by atoms with Crippen LogP contribution < -0.4 is 0 Å². The van der Waals surface area contributed by atoms with E-state index in [9.17, 15) is 4.79 Å². The topological polar surface area (TPSA) is 37.3 Å². The minimum absolute atomic E-state index is 0. The molecule has 0 aliphatic heterocycles. The van der Waals surface area contributed by atoms with Crippen molar-refractivity contribution in [3.05, 3.63) is 29.8 Å². The molecular formula is C7H7NaO2. The van der Waals surface area contributed by atoms with Gasteiger partial charge in [0.25, 0.3) is 0 Å². The summed E-state index contributed by atoms with van der Waals surface area (Å²) in [5.41, 5.74) is 0.577. The van der Waals surface area contributed by atoms with Crippen molar-refractivity contribution >= 4 is 35.8 Å². The molecule has 3 heteroatoms. The number of aldehydes is 1. The summed E-state index contributed by atoms with van der Waals surface area (Å²) in [6, 6.07) is 6.07. The molecule has 10 heavy (non-hydrogen) atoms. The maximum atomic E-state index is 10.0. The van der Waals surface area contributed by atoms with Gasteiger partial charge in [-0.25, -0.2) is 0 Å². The van der Waals surface area contributed by atoms with Crippen LogP contribution in [0.15, 0.2) is 24.3 Å². The molecule has 0 fully saturated rings. The van der Waals surface area contributed by atoms with E-state index in [1.165, 1.54) is 12.1 Å². The average Bonchev–Trinajstić information content (AvgIpc) is 1.90. The van der Waals surface area contributed by atoms with Crippen molar-refractivity contribution in [2.75, 3.05) is 0 Å². The van der Waals surface area contributed by atoms with Gasteiger partial charge in [-0.2, -0.15) is 0 Å². The first-order valence-corrected chi connectivity index (χ1v) is 2.57. The molecule has 0 saturated heterocycles. The Bertz CT molecular complexity index is 205. The Hall–Kier alpha value is -0.310. The minimum atomic E-state index is 0. The molecule has 1 aromatic carbocycles. The Labute approximate surface area is 81.2 Å². The fourth-order valence-electron chi connectivity index (χ4n) is 0.553. The van der Waals surface area contributed by atoms with Gasteiger partial charge in [-0.1, -0.05) is 0 Å². The zero-order chi connectivity index (χ0) is 6.69. The fourth-order valence-corrected chi connectivity index (χ4v) is 0.553. The van der Waals surface area contributed by atoms with Crippen LogP contribution in [0, 0.1) is 0 Å². The van der Waals surface area contributed by atoms with Crippen molar-refractivity contribution in [1.82, 2.24) is 0 Å². The maximum absolute atomic E-state index is 10.0. The fraction of sp³-hybridized carbons (Fsp3) is 0. The number of phenols is 1. The van der Waals surface area contributed by atoms with Crippen LogP contribution in [0.2, 0.25) is 0 Å². The monoisotopic (exact) mass is 146 g/mol. The van der Waals surface area contributed by atoms with Crippen LogP contribution in [-0.4, -0.2) is 40.9 Å². The Morgan fingerprint density at radius 3 is 2.10 bits per heavy atom. The first kappa shape index (κ1) is 9.69. The van der Waals surface area contributed by atoms with E-state index in [0.717, 1.165) is 6.29 Å². The predicted octanol–water partition coefficient (Wildman–Crippen LogP) is 0.556. The van der Waals surface area contributed by atoms with Crippen LogP contribution in [0.5, 0.6) is 5.75 Å². The summed E-state index contributed by atoms with van der Waals surface area (Å²) in [5, 5.41) is 8.74. The SMILES string of the molecule is O=Cc1ccc(O)cc1.[NaH]. The number of aromatic hydroxyl groups is 1. The van der Waals surface area contributed by atoms with Crippen LogP contribution in [0.1, 0.15) is 10.4 Å².